The average molecular weight is 297 g/mol. The highest BCUT2D eigenvalue weighted by Gasteiger charge is 2.16. The van der Waals surface area contributed by atoms with Crippen LogP contribution in [0.1, 0.15) is 12.6 Å². The van der Waals surface area contributed by atoms with Gasteiger partial charge in [-0.05, 0) is 25.0 Å². The number of nitrogens with one attached hydrogen (secondary N) is 1. The van der Waals surface area contributed by atoms with Gasteiger partial charge in [0, 0.05) is 5.88 Å². The van der Waals surface area contributed by atoms with Crippen LogP contribution in [0.5, 0.6) is 0 Å². The zero-order valence-corrected chi connectivity index (χ0v) is 11.9. The summed E-state index contributed by atoms with van der Waals surface area (Å²) in [6.45, 7) is 3.47. The molecule has 96 valence electrons. The van der Waals surface area contributed by atoms with Gasteiger partial charge < -0.3 is 0 Å². The molecule has 1 aromatic rings. The van der Waals surface area contributed by atoms with Crippen LogP contribution in [-0.2, 0) is 10.0 Å². The number of alkyl halides is 1. The van der Waals surface area contributed by atoms with Crippen molar-refractivity contribution in [2.24, 2.45) is 5.92 Å². The number of nitrogens with zero attached hydrogens (tertiary/aromatic N) is 1. The fourth-order valence-corrected chi connectivity index (χ4v) is 3.20. The molecule has 0 bridgehead atoms. The lowest BCUT2D eigenvalue weighted by Gasteiger charge is -2.12. The van der Waals surface area contributed by atoms with Gasteiger partial charge in [-0.25, -0.2) is 13.4 Å². The number of halogens is 2. The summed E-state index contributed by atoms with van der Waals surface area (Å²) in [6, 6.07) is 3.13. The number of hydrogen-bond donors (Lipinski definition) is 1. The Labute approximate surface area is 111 Å². The minimum absolute atomic E-state index is 0.0153. The molecule has 0 saturated heterocycles. The van der Waals surface area contributed by atoms with Crippen molar-refractivity contribution in [1.29, 1.82) is 0 Å². The molecule has 0 saturated carbocycles. The number of aryl methyl sites for hydroxylation is 1. The first-order chi connectivity index (χ1) is 7.84. The van der Waals surface area contributed by atoms with E-state index in [1.165, 1.54) is 6.07 Å². The first-order valence-electron chi connectivity index (χ1n) is 5.03. The zero-order valence-electron chi connectivity index (χ0n) is 9.57. The smallest absolute Gasteiger partial charge is 0.233 e. The highest BCUT2D eigenvalue weighted by Crippen LogP contribution is 2.17. The van der Waals surface area contributed by atoms with Gasteiger partial charge in [0.2, 0.25) is 10.0 Å². The molecule has 0 aromatic carbocycles. The second-order valence-electron chi connectivity index (χ2n) is 3.91. The summed E-state index contributed by atoms with van der Waals surface area (Å²) in [5, 5.41) is 0.333. The summed E-state index contributed by atoms with van der Waals surface area (Å²) in [5.41, 5.74) is 0.982. The Hall–Kier alpha value is -0.520. The van der Waals surface area contributed by atoms with Gasteiger partial charge in [-0.3, -0.25) is 4.72 Å². The third-order valence-electron chi connectivity index (χ3n) is 2.08. The predicted octanol–water partition coefficient (Wildman–Crippen LogP) is 2.66. The molecule has 7 heteroatoms. The van der Waals surface area contributed by atoms with E-state index >= 15 is 0 Å². The van der Waals surface area contributed by atoms with Crippen molar-refractivity contribution in [2.45, 2.75) is 13.8 Å². The molecule has 0 aliphatic carbocycles. The Bertz CT molecular complexity index is 491. The molecule has 1 aromatic heterocycles. The monoisotopic (exact) mass is 296 g/mol. The number of anilines is 1. The Kier molecular flexibility index (Phi) is 5.04. The lowest BCUT2D eigenvalue weighted by atomic mass is 10.3. The van der Waals surface area contributed by atoms with Crippen LogP contribution in [0.2, 0.25) is 5.15 Å². The minimum Gasteiger partial charge on any atom is -0.282 e. The highest BCUT2D eigenvalue weighted by molar-refractivity contribution is 7.92. The van der Waals surface area contributed by atoms with Crippen LogP contribution >= 0.6 is 23.2 Å². The third kappa shape index (κ3) is 4.69. The van der Waals surface area contributed by atoms with E-state index in [-0.39, 0.29) is 11.7 Å². The SMILES string of the molecule is Cc1nc(Cl)ccc1NS(=O)(=O)CC(C)CCl. The molecule has 1 unspecified atom stereocenters. The van der Waals surface area contributed by atoms with Crippen molar-refractivity contribution < 1.29 is 8.42 Å². The second-order valence-corrected chi connectivity index (χ2v) is 6.37. The zero-order chi connectivity index (χ0) is 13.1. The third-order valence-corrected chi connectivity index (χ3v) is 4.36. The first kappa shape index (κ1) is 14.5. The molecular weight excluding hydrogens is 283 g/mol. The molecule has 0 radical (unpaired) electrons. The predicted molar refractivity (Wildman–Crippen MR) is 71.3 cm³/mol. The van der Waals surface area contributed by atoms with Crippen molar-refractivity contribution in [2.75, 3.05) is 16.4 Å². The molecule has 0 fully saturated rings. The van der Waals surface area contributed by atoms with Gasteiger partial charge >= 0.3 is 0 Å². The first-order valence-corrected chi connectivity index (χ1v) is 7.60. The Morgan fingerprint density at radius 2 is 2.12 bits per heavy atom. The molecule has 4 nitrogen and oxygen atoms in total. The number of sulfonamides is 1. The molecule has 1 N–H and O–H groups in total. The van der Waals surface area contributed by atoms with Crippen LogP contribution in [0.25, 0.3) is 0 Å². The lowest BCUT2D eigenvalue weighted by Crippen LogP contribution is -2.22. The summed E-state index contributed by atoms with van der Waals surface area (Å²) in [5.74, 6) is 0.187. The van der Waals surface area contributed by atoms with Gasteiger partial charge in [0.05, 0.1) is 17.1 Å². The number of rotatable bonds is 5. The van der Waals surface area contributed by atoms with E-state index in [0.717, 1.165) is 0 Å². The summed E-state index contributed by atoms with van der Waals surface area (Å²) >= 11 is 11.3. The molecule has 1 rings (SSSR count). The maximum absolute atomic E-state index is 11.8. The topological polar surface area (TPSA) is 59.1 Å². The van der Waals surface area contributed by atoms with E-state index in [2.05, 4.69) is 9.71 Å². The molecule has 0 spiro atoms. The second kappa shape index (κ2) is 5.89. The standard InChI is InChI=1S/C10H14Cl2N2O2S/c1-7(5-11)6-17(15,16)14-9-3-4-10(12)13-8(9)2/h3-4,7,14H,5-6H2,1-2H3. The van der Waals surface area contributed by atoms with E-state index in [4.69, 9.17) is 23.2 Å². The number of pyridine rings is 1. The van der Waals surface area contributed by atoms with Crippen molar-refractivity contribution in [3.05, 3.63) is 23.0 Å². The molecular formula is C10H14Cl2N2O2S. The summed E-state index contributed by atoms with van der Waals surface area (Å²) in [7, 11) is -3.40. The molecule has 0 aliphatic heterocycles. The summed E-state index contributed by atoms with van der Waals surface area (Å²) < 4.78 is 26.0. The summed E-state index contributed by atoms with van der Waals surface area (Å²) in [6.07, 6.45) is 0. The molecule has 17 heavy (non-hydrogen) atoms. The highest BCUT2D eigenvalue weighted by atomic mass is 35.5. The van der Waals surface area contributed by atoms with Gasteiger partial charge in [0.15, 0.2) is 0 Å². The largest absolute Gasteiger partial charge is 0.282 e. The Morgan fingerprint density at radius 1 is 1.47 bits per heavy atom. The maximum Gasteiger partial charge on any atom is 0.233 e. The van der Waals surface area contributed by atoms with Crippen LogP contribution < -0.4 is 4.72 Å². The molecule has 1 heterocycles. The van der Waals surface area contributed by atoms with Crippen molar-refractivity contribution in [1.82, 2.24) is 4.98 Å². The van der Waals surface area contributed by atoms with Gasteiger partial charge in [0.1, 0.15) is 5.15 Å². The van der Waals surface area contributed by atoms with Crippen molar-refractivity contribution in [3.8, 4) is 0 Å². The van der Waals surface area contributed by atoms with E-state index in [9.17, 15) is 8.42 Å². The van der Waals surface area contributed by atoms with Gasteiger partial charge in [0.25, 0.3) is 0 Å². The quantitative estimate of drug-likeness (QED) is 0.671. The number of hydrogen-bond acceptors (Lipinski definition) is 3. The number of aromatic nitrogens is 1. The van der Waals surface area contributed by atoms with Crippen LogP contribution in [0.3, 0.4) is 0 Å². The van der Waals surface area contributed by atoms with Crippen LogP contribution in [0.4, 0.5) is 5.69 Å². The molecule has 0 amide bonds. The maximum atomic E-state index is 11.8. The van der Waals surface area contributed by atoms with Gasteiger partial charge in [-0.2, -0.15) is 0 Å². The van der Waals surface area contributed by atoms with E-state index in [1.807, 2.05) is 0 Å². The molecule has 1 atom stereocenters. The fourth-order valence-electron chi connectivity index (χ4n) is 1.27. The van der Waals surface area contributed by atoms with Crippen molar-refractivity contribution in [3.63, 3.8) is 0 Å². The Balaban J connectivity index is 2.83. The average Bonchev–Trinajstić information content (AvgIpc) is 2.21. The van der Waals surface area contributed by atoms with E-state index in [1.54, 1.807) is 19.9 Å². The van der Waals surface area contributed by atoms with Crippen LogP contribution in [-0.4, -0.2) is 25.0 Å². The van der Waals surface area contributed by atoms with Gasteiger partial charge in [-0.1, -0.05) is 18.5 Å². The van der Waals surface area contributed by atoms with Crippen LogP contribution in [0.15, 0.2) is 12.1 Å². The van der Waals surface area contributed by atoms with E-state index < -0.39 is 10.0 Å². The van der Waals surface area contributed by atoms with Gasteiger partial charge in [-0.15, -0.1) is 11.6 Å². The van der Waals surface area contributed by atoms with Crippen molar-refractivity contribution >= 4 is 38.9 Å². The van der Waals surface area contributed by atoms with E-state index in [0.29, 0.717) is 22.4 Å². The summed E-state index contributed by atoms with van der Waals surface area (Å²) in [4.78, 5) is 3.97. The fraction of sp³-hybridized carbons (Fsp3) is 0.500. The normalized spacial score (nSPS) is 13.4. The molecule has 0 aliphatic rings. The van der Waals surface area contributed by atoms with Crippen LogP contribution in [0, 0.1) is 12.8 Å². The Morgan fingerprint density at radius 3 is 2.65 bits per heavy atom. The lowest BCUT2D eigenvalue weighted by molar-refractivity contribution is 0.588. The minimum atomic E-state index is -3.40.